The number of hydrogen-bond donors (Lipinski definition) is 2. The number of rotatable bonds is 14. The minimum atomic E-state index is -0.0785. The van der Waals surface area contributed by atoms with E-state index in [0.717, 1.165) is 51.5 Å². The number of Topliss-reactive ketones (excluding diaryl/α,β-unsaturated/α-hetero) is 2. The lowest BCUT2D eigenvalue weighted by molar-refractivity contribution is -0.245. The number of hydrogen-bond acceptors (Lipinski definition) is 7. The molecule has 264 valence electrons. The van der Waals surface area contributed by atoms with E-state index >= 15 is 0 Å². The molecular formula is C37H66N3O5P. The quantitative estimate of drug-likeness (QED) is 0.162. The van der Waals surface area contributed by atoms with Crippen molar-refractivity contribution in [2.75, 3.05) is 19.6 Å². The highest BCUT2D eigenvalue weighted by Crippen LogP contribution is 2.68. The first kappa shape index (κ1) is 37.9. The number of hydroxylamine groups is 3. The van der Waals surface area contributed by atoms with Crippen LogP contribution in [-0.4, -0.2) is 60.4 Å². The third-order valence-corrected chi connectivity index (χ3v) is 13.7. The number of nitrogens with zero attached hydrogens (tertiary/aromatic N) is 1. The molecule has 0 aromatic carbocycles. The Bertz CT molecular complexity index is 1060. The van der Waals surface area contributed by atoms with Crippen molar-refractivity contribution in [3.8, 4) is 0 Å². The molecule has 1 saturated heterocycles. The zero-order valence-electron chi connectivity index (χ0n) is 29.9. The fourth-order valence-electron chi connectivity index (χ4n) is 11.2. The van der Waals surface area contributed by atoms with Crippen LogP contribution in [0.5, 0.6) is 0 Å². The largest absolute Gasteiger partial charge is 0.356 e. The number of fused-ring (bicyclic) bond motifs is 5. The summed E-state index contributed by atoms with van der Waals surface area (Å²) < 4.78 is 0. The average Bonchev–Trinajstić information content (AvgIpc) is 3.63. The zero-order valence-corrected chi connectivity index (χ0v) is 31.3. The van der Waals surface area contributed by atoms with Crippen molar-refractivity contribution in [2.24, 2.45) is 46.3 Å². The molecule has 4 aliphatic carbocycles. The molecule has 1 aliphatic heterocycles. The van der Waals surface area contributed by atoms with Gasteiger partial charge in [0.1, 0.15) is 5.78 Å². The van der Waals surface area contributed by atoms with Gasteiger partial charge in [0, 0.05) is 32.4 Å². The second-order valence-corrected chi connectivity index (χ2v) is 15.9. The van der Waals surface area contributed by atoms with Crippen molar-refractivity contribution in [3.63, 3.8) is 0 Å². The summed E-state index contributed by atoms with van der Waals surface area (Å²) in [7, 11) is 0. The molecule has 8 nitrogen and oxygen atoms in total. The van der Waals surface area contributed by atoms with Crippen molar-refractivity contribution in [3.05, 3.63) is 0 Å². The Balaban J connectivity index is 0.00000480. The Kier molecular flexibility index (Phi) is 13.3. The topological polar surface area (TPSA) is 97.0 Å². The summed E-state index contributed by atoms with van der Waals surface area (Å²) >= 11 is 0. The Morgan fingerprint density at radius 2 is 1.67 bits per heavy atom. The van der Waals surface area contributed by atoms with Crippen LogP contribution in [0.2, 0.25) is 0 Å². The van der Waals surface area contributed by atoms with Crippen molar-refractivity contribution < 1.29 is 24.1 Å². The minimum Gasteiger partial charge on any atom is -0.356 e. The number of amides is 1. The predicted octanol–water partition coefficient (Wildman–Crippen LogP) is 6.48. The Morgan fingerprint density at radius 1 is 0.935 bits per heavy atom. The van der Waals surface area contributed by atoms with Gasteiger partial charge in [-0.2, -0.15) is 20.4 Å². The van der Waals surface area contributed by atoms with Crippen LogP contribution in [0.1, 0.15) is 131 Å². The number of carbonyl (C=O) groups is 3. The van der Waals surface area contributed by atoms with Crippen molar-refractivity contribution in [1.82, 2.24) is 15.9 Å². The van der Waals surface area contributed by atoms with Gasteiger partial charge in [0.05, 0.1) is 24.8 Å². The molecule has 4 saturated carbocycles. The van der Waals surface area contributed by atoms with E-state index < -0.39 is 0 Å². The van der Waals surface area contributed by atoms with Crippen LogP contribution in [0.15, 0.2) is 0 Å². The average molecular weight is 664 g/mol. The lowest BCUT2D eigenvalue weighted by atomic mass is 9.43. The van der Waals surface area contributed by atoms with Crippen LogP contribution >= 0.6 is 9.90 Å². The van der Waals surface area contributed by atoms with Gasteiger partial charge in [-0.25, -0.2) is 0 Å². The van der Waals surface area contributed by atoms with Gasteiger partial charge in [0.25, 0.3) is 0 Å². The highest BCUT2D eigenvalue weighted by atomic mass is 31.0. The standard InChI is InChI=1S/C37H63N3O5.H3P/c1-7-26(41)23-39-44-33-22-25-21-27(45-40-20-10-11-31(40)32(42)8-2)16-18-36(25,5)30-17-19-37(6)28(13-14-29(37)35(30)33)24(4)12-15-34(43)38-9-3;/h24-25,27-31,33,35,39H,7-23H2,1-6H3,(H,38,43);1H3/t24?,25-,27+,28?,29?,30?,31-,33+,35?,36-,37+;/m0./s1. The van der Waals surface area contributed by atoms with Crippen molar-refractivity contribution >= 4 is 27.4 Å². The first-order chi connectivity index (χ1) is 21.5. The molecule has 1 amide bonds. The van der Waals surface area contributed by atoms with Crippen LogP contribution in [0.4, 0.5) is 0 Å². The molecule has 6 unspecified atom stereocenters. The van der Waals surface area contributed by atoms with Gasteiger partial charge in [-0.15, -0.1) is 0 Å². The molecule has 5 aliphatic rings. The van der Waals surface area contributed by atoms with Crippen molar-refractivity contribution in [1.29, 1.82) is 0 Å². The van der Waals surface area contributed by atoms with E-state index in [1.807, 2.05) is 25.8 Å². The van der Waals surface area contributed by atoms with E-state index in [-0.39, 0.29) is 57.2 Å². The van der Waals surface area contributed by atoms with E-state index in [9.17, 15) is 14.4 Å². The summed E-state index contributed by atoms with van der Waals surface area (Å²) in [5, 5.41) is 5.00. The molecule has 0 spiro atoms. The van der Waals surface area contributed by atoms with Gasteiger partial charge < -0.3 is 5.32 Å². The van der Waals surface area contributed by atoms with Gasteiger partial charge in [-0.3, -0.25) is 24.1 Å². The minimum absolute atomic E-state index is 0. The lowest BCUT2D eigenvalue weighted by Gasteiger charge is -2.63. The molecule has 5 rings (SSSR count). The lowest BCUT2D eigenvalue weighted by Crippen LogP contribution is -2.60. The Hall–Kier alpha value is -0.920. The molecule has 46 heavy (non-hydrogen) atoms. The van der Waals surface area contributed by atoms with E-state index in [2.05, 4.69) is 31.6 Å². The van der Waals surface area contributed by atoms with Gasteiger partial charge in [-0.1, -0.05) is 34.6 Å². The van der Waals surface area contributed by atoms with Crippen LogP contribution in [0.25, 0.3) is 0 Å². The molecule has 1 heterocycles. The molecule has 2 N–H and O–H groups in total. The van der Waals surface area contributed by atoms with Gasteiger partial charge >= 0.3 is 0 Å². The highest BCUT2D eigenvalue weighted by molar-refractivity contribution is 6.92. The molecule has 0 aromatic rings. The SMILES string of the molecule is CCNC(=O)CCC(C)C1CCC2C3C(CC[C@]12C)[C@@]1(C)CC[C@@H](ON2CCC[C@H]2C(=O)CC)C[C@H]1C[C@H]3ONCC(=O)CC.P. The second kappa shape index (κ2) is 16.2. The fraction of sp³-hybridized carbons (Fsp3) is 0.919. The Morgan fingerprint density at radius 3 is 2.39 bits per heavy atom. The smallest absolute Gasteiger partial charge is 0.219 e. The summed E-state index contributed by atoms with van der Waals surface area (Å²) in [5.41, 5.74) is 3.64. The molecular weight excluding hydrogens is 597 g/mol. The summed E-state index contributed by atoms with van der Waals surface area (Å²) in [6, 6.07) is -0.0785. The summed E-state index contributed by atoms with van der Waals surface area (Å²) in [5.74, 6) is 3.95. The molecule has 0 aromatic heterocycles. The molecule has 0 bridgehead atoms. The Labute approximate surface area is 282 Å². The third kappa shape index (κ3) is 7.62. The molecule has 12 atom stereocenters. The number of carbonyl (C=O) groups excluding carboxylic acids is 3. The van der Waals surface area contributed by atoms with E-state index in [0.29, 0.717) is 67.1 Å². The van der Waals surface area contributed by atoms with Crippen LogP contribution < -0.4 is 10.8 Å². The van der Waals surface area contributed by atoms with Crippen LogP contribution in [0, 0.1) is 46.3 Å². The van der Waals surface area contributed by atoms with E-state index in [1.165, 1.54) is 25.7 Å². The molecule has 5 fully saturated rings. The van der Waals surface area contributed by atoms with Crippen molar-refractivity contribution in [2.45, 2.75) is 150 Å². The summed E-state index contributed by atoms with van der Waals surface area (Å²) in [4.78, 5) is 50.3. The van der Waals surface area contributed by atoms with Crippen LogP contribution in [-0.2, 0) is 24.1 Å². The molecule has 9 heteroatoms. The van der Waals surface area contributed by atoms with Gasteiger partial charge in [-0.05, 0) is 124 Å². The maximum Gasteiger partial charge on any atom is 0.219 e. The normalized spacial score (nSPS) is 39.4. The van der Waals surface area contributed by atoms with Gasteiger partial charge in [0.15, 0.2) is 5.78 Å². The van der Waals surface area contributed by atoms with Crippen LogP contribution in [0.3, 0.4) is 0 Å². The zero-order chi connectivity index (χ0) is 32.4. The third-order valence-electron chi connectivity index (χ3n) is 13.7. The highest BCUT2D eigenvalue weighted by Gasteiger charge is 2.63. The first-order valence-electron chi connectivity index (χ1n) is 18.7. The fourth-order valence-corrected chi connectivity index (χ4v) is 11.2. The predicted molar refractivity (Wildman–Crippen MR) is 187 cm³/mol. The maximum absolute atomic E-state index is 12.6. The maximum atomic E-state index is 12.6. The van der Waals surface area contributed by atoms with Gasteiger partial charge in [0.2, 0.25) is 5.91 Å². The van der Waals surface area contributed by atoms with E-state index in [4.69, 9.17) is 9.68 Å². The number of nitrogens with one attached hydrogen (secondary N) is 2. The first-order valence-corrected chi connectivity index (χ1v) is 18.7. The second-order valence-electron chi connectivity index (χ2n) is 15.9. The summed E-state index contributed by atoms with van der Waals surface area (Å²) in [6.07, 6.45) is 14.0. The molecule has 0 radical (unpaired) electrons. The number of ketones is 2. The van der Waals surface area contributed by atoms with E-state index in [1.54, 1.807) is 0 Å². The summed E-state index contributed by atoms with van der Waals surface area (Å²) in [6.45, 7) is 15.2. The monoisotopic (exact) mass is 663 g/mol.